The van der Waals surface area contributed by atoms with Crippen molar-refractivity contribution in [3.63, 3.8) is 0 Å². The average Bonchev–Trinajstić information content (AvgIpc) is 3.15. The molecular formula is C24H18Cl2F3N5S. The molecule has 0 saturated carbocycles. The van der Waals surface area contributed by atoms with Crippen LogP contribution in [0.4, 0.5) is 24.5 Å². The lowest BCUT2D eigenvalue weighted by Crippen LogP contribution is -2.54. The first-order valence-electron chi connectivity index (χ1n) is 10.4. The van der Waals surface area contributed by atoms with Gasteiger partial charge < -0.3 is 21.3 Å². The van der Waals surface area contributed by atoms with E-state index in [1.807, 2.05) is 30.3 Å². The number of benzene rings is 3. The molecule has 35 heavy (non-hydrogen) atoms. The zero-order chi connectivity index (χ0) is 24.9. The zero-order valence-corrected chi connectivity index (χ0v) is 20.2. The number of halogens is 5. The van der Waals surface area contributed by atoms with E-state index in [1.165, 1.54) is 23.9 Å². The van der Waals surface area contributed by atoms with Crippen LogP contribution in [-0.4, -0.2) is 17.5 Å². The van der Waals surface area contributed by atoms with Crippen molar-refractivity contribution < 1.29 is 13.2 Å². The van der Waals surface area contributed by atoms with Crippen molar-refractivity contribution in [1.29, 1.82) is 0 Å². The van der Waals surface area contributed by atoms with Crippen LogP contribution in [0, 0.1) is 0 Å². The first kappa shape index (κ1) is 24.0. The minimum Gasteiger partial charge on any atom is -0.311 e. The number of aliphatic imine (C=N–C) groups is 1. The maximum Gasteiger partial charge on any atom is 0.416 e. The third kappa shape index (κ3) is 4.28. The Balaban J connectivity index is 1.67. The molecule has 0 aliphatic carbocycles. The number of nitrogens with two attached hydrogens (primary N) is 2. The van der Waals surface area contributed by atoms with Crippen LogP contribution >= 0.6 is 35.0 Å². The zero-order valence-electron chi connectivity index (χ0n) is 17.9. The molecule has 11 heteroatoms. The largest absolute Gasteiger partial charge is 0.416 e. The molecule has 5 rings (SSSR count). The smallest absolute Gasteiger partial charge is 0.311 e. The van der Waals surface area contributed by atoms with Gasteiger partial charge in [0, 0.05) is 11.3 Å². The average molecular weight is 536 g/mol. The molecule has 2 atom stereocenters. The van der Waals surface area contributed by atoms with Gasteiger partial charge in [0.15, 0.2) is 0 Å². The standard InChI is InChI=1S/C24H18Cl2F3N5S/c25-16-7-4-8-17(26)18(16)34-19-20(30)33(15-11-9-14(10-12-15)24(27,28)29)21(13-5-2-1-3-6-13)32-22(19)35-23(34)31/h1-12,20,23H,30-31H2. The highest BCUT2D eigenvalue weighted by Gasteiger charge is 2.43. The number of anilines is 2. The summed E-state index contributed by atoms with van der Waals surface area (Å²) >= 11 is 14.3. The second-order valence-corrected chi connectivity index (χ2v) is 9.72. The fraction of sp³-hybridized carbons (Fsp3) is 0.125. The predicted octanol–water partition coefficient (Wildman–Crippen LogP) is 6.23. The summed E-state index contributed by atoms with van der Waals surface area (Å²) < 4.78 is 39.6. The Morgan fingerprint density at radius 3 is 2.06 bits per heavy atom. The van der Waals surface area contributed by atoms with Crippen LogP contribution in [0.5, 0.6) is 0 Å². The molecule has 0 fully saturated rings. The maximum atomic E-state index is 13.2. The first-order valence-corrected chi connectivity index (χ1v) is 12.1. The van der Waals surface area contributed by atoms with E-state index in [2.05, 4.69) is 0 Å². The van der Waals surface area contributed by atoms with Crippen molar-refractivity contribution in [2.24, 2.45) is 16.5 Å². The van der Waals surface area contributed by atoms with Gasteiger partial charge in [-0.25, -0.2) is 4.99 Å². The minimum absolute atomic E-state index is 0.383. The summed E-state index contributed by atoms with van der Waals surface area (Å²) in [5.74, 6) is 0.489. The third-order valence-corrected chi connectivity index (χ3v) is 7.23. The highest BCUT2D eigenvalue weighted by atomic mass is 35.5. The lowest BCUT2D eigenvalue weighted by atomic mass is 10.1. The fourth-order valence-corrected chi connectivity index (χ4v) is 5.69. The molecular weight excluding hydrogens is 518 g/mol. The number of hydrogen-bond acceptors (Lipinski definition) is 6. The summed E-state index contributed by atoms with van der Waals surface area (Å²) in [6.45, 7) is 0. The Morgan fingerprint density at radius 2 is 1.46 bits per heavy atom. The number of amidine groups is 1. The van der Waals surface area contributed by atoms with E-state index < -0.39 is 23.4 Å². The van der Waals surface area contributed by atoms with Gasteiger partial charge in [0.2, 0.25) is 0 Å². The Kier molecular flexibility index (Phi) is 6.23. The van der Waals surface area contributed by atoms with E-state index in [0.717, 1.165) is 17.7 Å². The second-order valence-electron chi connectivity index (χ2n) is 7.80. The molecule has 5 nitrogen and oxygen atoms in total. The van der Waals surface area contributed by atoms with E-state index in [4.69, 9.17) is 39.7 Å². The summed E-state index contributed by atoms with van der Waals surface area (Å²) in [7, 11) is 0. The number of alkyl halides is 3. The number of para-hydroxylation sites is 1. The molecule has 3 aromatic carbocycles. The molecule has 0 bridgehead atoms. The van der Waals surface area contributed by atoms with Crippen molar-refractivity contribution in [2.75, 3.05) is 9.80 Å². The summed E-state index contributed by atoms with van der Waals surface area (Å²) in [6, 6.07) is 19.2. The van der Waals surface area contributed by atoms with Crippen molar-refractivity contribution in [3.05, 3.63) is 105 Å². The van der Waals surface area contributed by atoms with E-state index in [0.29, 0.717) is 38.0 Å². The first-order chi connectivity index (χ1) is 16.7. The lowest BCUT2D eigenvalue weighted by Gasteiger charge is -2.39. The quantitative estimate of drug-likeness (QED) is 0.416. The summed E-state index contributed by atoms with van der Waals surface area (Å²) in [5.41, 5.74) is 14.1. The Morgan fingerprint density at radius 1 is 0.829 bits per heavy atom. The summed E-state index contributed by atoms with van der Waals surface area (Å²) in [6.07, 6.45) is -5.30. The molecule has 4 N–H and O–H groups in total. The summed E-state index contributed by atoms with van der Waals surface area (Å²) in [4.78, 5) is 8.27. The van der Waals surface area contributed by atoms with Crippen LogP contribution in [0.1, 0.15) is 11.1 Å². The molecule has 2 heterocycles. The molecule has 0 saturated heterocycles. The van der Waals surface area contributed by atoms with Crippen molar-refractivity contribution in [3.8, 4) is 0 Å². The molecule has 0 radical (unpaired) electrons. The van der Waals surface area contributed by atoms with Gasteiger partial charge in [-0.1, -0.05) is 71.4 Å². The van der Waals surface area contributed by atoms with Gasteiger partial charge in [0.25, 0.3) is 0 Å². The highest BCUT2D eigenvalue weighted by molar-refractivity contribution is 8.04. The van der Waals surface area contributed by atoms with Crippen molar-refractivity contribution in [2.45, 2.75) is 17.8 Å². The van der Waals surface area contributed by atoms with Crippen LogP contribution < -0.4 is 21.3 Å². The van der Waals surface area contributed by atoms with Crippen LogP contribution in [0.15, 0.2) is 88.5 Å². The molecule has 0 aromatic heterocycles. The Bertz CT molecular complexity index is 1310. The number of hydrogen-bond donors (Lipinski definition) is 2. The van der Waals surface area contributed by atoms with Gasteiger partial charge in [-0.3, -0.25) is 0 Å². The van der Waals surface area contributed by atoms with Crippen LogP contribution in [0.3, 0.4) is 0 Å². The van der Waals surface area contributed by atoms with Gasteiger partial charge in [0.05, 0.1) is 27.0 Å². The Labute approximate surface area is 213 Å². The lowest BCUT2D eigenvalue weighted by molar-refractivity contribution is -0.137. The molecule has 0 amide bonds. The topological polar surface area (TPSA) is 70.9 Å². The van der Waals surface area contributed by atoms with E-state index in [-0.39, 0.29) is 0 Å². The fourth-order valence-electron chi connectivity index (χ4n) is 4.08. The molecule has 3 aromatic rings. The molecule has 0 spiro atoms. The molecule has 2 unspecified atom stereocenters. The Hall–Kier alpha value is -2.69. The van der Waals surface area contributed by atoms with E-state index >= 15 is 0 Å². The molecule has 2 aliphatic rings. The number of rotatable bonds is 3. The highest BCUT2D eigenvalue weighted by Crippen LogP contribution is 2.48. The predicted molar refractivity (Wildman–Crippen MR) is 136 cm³/mol. The van der Waals surface area contributed by atoms with Crippen LogP contribution in [0.2, 0.25) is 10.0 Å². The van der Waals surface area contributed by atoms with E-state index in [1.54, 1.807) is 28.0 Å². The van der Waals surface area contributed by atoms with Gasteiger partial charge >= 0.3 is 6.18 Å². The van der Waals surface area contributed by atoms with Crippen molar-refractivity contribution in [1.82, 2.24) is 0 Å². The van der Waals surface area contributed by atoms with E-state index in [9.17, 15) is 13.2 Å². The van der Waals surface area contributed by atoms with Gasteiger partial charge in [-0.05, 0) is 36.4 Å². The normalized spacial score (nSPS) is 20.3. The monoisotopic (exact) mass is 535 g/mol. The van der Waals surface area contributed by atoms with Gasteiger partial charge in [-0.15, -0.1) is 0 Å². The second kappa shape index (κ2) is 9.07. The number of nitrogens with zero attached hydrogens (tertiary/aromatic N) is 3. The van der Waals surface area contributed by atoms with Crippen LogP contribution in [-0.2, 0) is 6.18 Å². The SMILES string of the molecule is NC1SC2=C(C(N)N(c3ccc(C(F)(F)F)cc3)C(c3ccccc3)=N2)N1c1c(Cl)cccc1Cl. The molecule has 2 aliphatic heterocycles. The van der Waals surface area contributed by atoms with Gasteiger partial charge in [-0.2, -0.15) is 13.2 Å². The number of thioether (sulfide) groups is 1. The third-order valence-electron chi connectivity index (χ3n) is 5.64. The van der Waals surface area contributed by atoms with Gasteiger partial charge in [0.1, 0.15) is 22.5 Å². The molecule has 180 valence electrons. The van der Waals surface area contributed by atoms with Crippen molar-refractivity contribution >= 4 is 52.2 Å². The van der Waals surface area contributed by atoms with Crippen LogP contribution in [0.25, 0.3) is 0 Å². The maximum absolute atomic E-state index is 13.2. The minimum atomic E-state index is -4.46. The summed E-state index contributed by atoms with van der Waals surface area (Å²) in [5, 5.41) is 1.35.